The molecule has 4 heteroatoms. The van der Waals surface area contributed by atoms with Gasteiger partial charge < -0.3 is 10.1 Å². The van der Waals surface area contributed by atoms with Crippen molar-refractivity contribution in [3.8, 4) is 5.88 Å². The van der Waals surface area contributed by atoms with Crippen molar-refractivity contribution >= 4 is 5.82 Å². The van der Waals surface area contributed by atoms with Crippen LogP contribution in [-0.4, -0.2) is 23.9 Å². The van der Waals surface area contributed by atoms with Crippen LogP contribution in [0.4, 0.5) is 5.82 Å². The van der Waals surface area contributed by atoms with Crippen LogP contribution in [-0.2, 0) is 7.05 Å². The molecular weight excluding hydrogens is 130 g/mol. The normalized spacial score (nSPS) is 9.50. The Hall–Kier alpha value is -1.19. The molecule has 0 aromatic carbocycles. The van der Waals surface area contributed by atoms with Gasteiger partial charge in [0.15, 0.2) is 0 Å². The summed E-state index contributed by atoms with van der Waals surface area (Å²) in [5.74, 6) is 1.57. The molecule has 0 radical (unpaired) electrons. The standard InChI is InChI=1S/C6H11N3O/c1-7-5-4-6(10-3)8-9(5)2/h4,7H,1-3H3. The highest BCUT2D eigenvalue weighted by molar-refractivity contribution is 5.38. The lowest BCUT2D eigenvalue weighted by Gasteiger charge is -1.95. The van der Waals surface area contributed by atoms with Gasteiger partial charge in [0, 0.05) is 20.2 Å². The van der Waals surface area contributed by atoms with Crippen LogP contribution in [0, 0.1) is 0 Å². The number of nitrogens with one attached hydrogen (secondary N) is 1. The minimum absolute atomic E-state index is 0.631. The average molecular weight is 141 g/mol. The van der Waals surface area contributed by atoms with Gasteiger partial charge in [0.25, 0.3) is 0 Å². The van der Waals surface area contributed by atoms with Crippen LogP contribution in [0.3, 0.4) is 0 Å². The predicted molar refractivity (Wildman–Crippen MR) is 39.3 cm³/mol. The first-order valence-corrected chi connectivity index (χ1v) is 3.03. The highest BCUT2D eigenvalue weighted by atomic mass is 16.5. The van der Waals surface area contributed by atoms with Crippen molar-refractivity contribution in [3.05, 3.63) is 6.07 Å². The van der Waals surface area contributed by atoms with Gasteiger partial charge in [0.05, 0.1) is 7.11 Å². The fraction of sp³-hybridized carbons (Fsp3) is 0.500. The maximum Gasteiger partial charge on any atom is 0.234 e. The Labute approximate surface area is 59.8 Å². The van der Waals surface area contributed by atoms with Crippen molar-refractivity contribution in [3.63, 3.8) is 0 Å². The molecule has 0 spiro atoms. The Balaban J connectivity index is 2.92. The number of rotatable bonds is 2. The van der Waals surface area contributed by atoms with Gasteiger partial charge in [0.2, 0.25) is 5.88 Å². The lowest BCUT2D eigenvalue weighted by atomic mass is 10.6. The summed E-state index contributed by atoms with van der Waals surface area (Å²) >= 11 is 0. The summed E-state index contributed by atoms with van der Waals surface area (Å²) in [6.07, 6.45) is 0. The molecule has 0 amide bonds. The number of methoxy groups -OCH3 is 1. The van der Waals surface area contributed by atoms with Crippen molar-refractivity contribution in [2.24, 2.45) is 7.05 Å². The molecule has 0 aliphatic heterocycles. The monoisotopic (exact) mass is 141 g/mol. The first-order chi connectivity index (χ1) is 4.77. The maximum atomic E-state index is 4.91. The van der Waals surface area contributed by atoms with E-state index in [1.54, 1.807) is 11.8 Å². The zero-order chi connectivity index (χ0) is 7.56. The van der Waals surface area contributed by atoms with E-state index in [-0.39, 0.29) is 0 Å². The predicted octanol–water partition coefficient (Wildman–Crippen LogP) is 0.470. The molecule has 1 heterocycles. The summed E-state index contributed by atoms with van der Waals surface area (Å²) in [4.78, 5) is 0. The van der Waals surface area contributed by atoms with Crippen molar-refractivity contribution < 1.29 is 4.74 Å². The Morgan fingerprint density at radius 3 is 2.70 bits per heavy atom. The molecule has 1 rings (SSSR count). The number of ether oxygens (including phenoxy) is 1. The van der Waals surface area contributed by atoms with Crippen LogP contribution in [0.15, 0.2) is 6.07 Å². The van der Waals surface area contributed by atoms with Crippen molar-refractivity contribution in [1.82, 2.24) is 9.78 Å². The van der Waals surface area contributed by atoms with E-state index in [4.69, 9.17) is 4.74 Å². The maximum absolute atomic E-state index is 4.91. The summed E-state index contributed by atoms with van der Waals surface area (Å²) < 4.78 is 6.63. The Kier molecular flexibility index (Phi) is 1.80. The third-order valence-corrected chi connectivity index (χ3v) is 1.32. The molecule has 56 valence electrons. The van der Waals surface area contributed by atoms with Crippen molar-refractivity contribution in [2.75, 3.05) is 19.5 Å². The summed E-state index contributed by atoms with van der Waals surface area (Å²) in [6.45, 7) is 0. The fourth-order valence-electron chi connectivity index (χ4n) is 0.775. The molecule has 0 bridgehead atoms. The van der Waals surface area contributed by atoms with Crippen LogP contribution in [0.5, 0.6) is 5.88 Å². The van der Waals surface area contributed by atoms with E-state index in [0.717, 1.165) is 5.82 Å². The topological polar surface area (TPSA) is 39.1 Å². The largest absolute Gasteiger partial charge is 0.480 e. The number of aromatic nitrogens is 2. The Morgan fingerprint density at radius 1 is 1.70 bits per heavy atom. The molecule has 0 saturated heterocycles. The van der Waals surface area contributed by atoms with Crippen molar-refractivity contribution in [2.45, 2.75) is 0 Å². The number of anilines is 1. The highest BCUT2D eigenvalue weighted by Crippen LogP contribution is 2.13. The number of hydrogen-bond donors (Lipinski definition) is 1. The molecule has 1 aromatic rings. The molecule has 1 aromatic heterocycles. The quantitative estimate of drug-likeness (QED) is 0.650. The van der Waals surface area contributed by atoms with Gasteiger partial charge >= 0.3 is 0 Å². The van der Waals surface area contributed by atoms with E-state index in [0.29, 0.717) is 5.88 Å². The Morgan fingerprint density at radius 2 is 2.40 bits per heavy atom. The minimum atomic E-state index is 0.631. The first kappa shape index (κ1) is 6.92. The van der Waals surface area contributed by atoms with Crippen LogP contribution in [0.25, 0.3) is 0 Å². The lowest BCUT2D eigenvalue weighted by Crippen LogP contribution is -1.97. The third-order valence-electron chi connectivity index (χ3n) is 1.32. The highest BCUT2D eigenvalue weighted by Gasteiger charge is 2.00. The van der Waals surface area contributed by atoms with E-state index in [1.807, 2.05) is 20.2 Å². The molecule has 0 unspecified atom stereocenters. The Bertz CT molecular complexity index is 219. The van der Waals surface area contributed by atoms with Gasteiger partial charge in [-0.2, -0.15) is 0 Å². The van der Waals surface area contributed by atoms with E-state index in [9.17, 15) is 0 Å². The van der Waals surface area contributed by atoms with E-state index in [2.05, 4.69) is 10.4 Å². The molecule has 0 aliphatic carbocycles. The van der Waals surface area contributed by atoms with Crippen LogP contribution in [0.1, 0.15) is 0 Å². The molecule has 0 saturated carbocycles. The number of nitrogens with zero attached hydrogens (tertiary/aromatic N) is 2. The molecule has 0 aliphatic rings. The molecule has 1 N–H and O–H groups in total. The van der Waals surface area contributed by atoms with Gasteiger partial charge in [0.1, 0.15) is 5.82 Å². The van der Waals surface area contributed by atoms with E-state index < -0.39 is 0 Å². The zero-order valence-electron chi connectivity index (χ0n) is 6.38. The number of hydrogen-bond acceptors (Lipinski definition) is 3. The van der Waals surface area contributed by atoms with Gasteiger partial charge in [-0.1, -0.05) is 0 Å². The summed E-state index contributed by atoms with van der Waals surface area (Å²) in [6, 6.07) is 1.83. The number of aryl methyl sites for hydroxylation is 1. The van der Waals surface area contributed by atoms with Crippen molar-refractivity contribution in [1.29, 1.82) is 0 Å². The SMILES string of the molecule is CNc1cc(OC)nn1C. The second-order valence-corrected chi connectivity index (χ2v) is 1.95. The fourth-order valence-corrected chi connectivity index (χ4v) is 0.775. The van der Waals surface area contributed by atoms with E-state index >= 15 is 0 Å². The summed E-state index contributed by atoms with van der Waals surface area (Å²) in [5.41, 5.74) is 0. The van der Waals surface area contributed by atoms with E-state index in [1.165, 1.54) is 0 Å². The molecule has 10 heavy (non-hydrogen) atoms. The molecule has 4 nitrogen and oxygen atoms in total. The van der Waals surface area contributed by atoms with Gasteiger partial charge in [-0.05, 0) is 0 Å². The first-order valence-electron chi connectivity index (χ1n) is 3.03. The second-order valence-electron chi connectivity index (χ2n) is 1.95. The smallest absolute Gasteiger partial charge is 0.234 e. The van der Waals surface area contributed by atoms with Gasteiger partial charge in [-0.3, -0.25) is 0 Å². The van der Waals surface area contributed by atoms with Crippen LogP contribution in [0.2, 0.25) is 0 Å². The molecule has 0 atom stereocenters. The lowest BCUT2D eigenvalue weighted by molar-refractivity contribution is 0.392. The van der Waals surface area contributed by atoms with Crippen LogP contribution < -0.4 is 10.1 Å². The second kappa shape index (κ2) is 2.60. The van der Waals surface area contributed by atoms with Crippen LogP contribution >= 0.6 is 0 Å². The zero-order valence-corrected chi connectivity index (χ0v) is 6.38. The minimum Gasteiger partial charge on any atom is -0.480 e. The summed E-state index contributed by atoms with van der Waals surface area (Å²) in [5, 5.41) is 7.00. The molecule has 0 fully saturated rings. The molecular formula is C6H11N3O. The average Bonchev–Trinajstić information content (AvgIpc) is 2.30. The van der Waals surface area contributed by atoms with Gasteiger partial charge in [-0.15, -0.1) is 5.10 Å². The third kappa shape index (κ3) is 1.05. The summed E-state index contributed by atoms with van der Waals surface area (Å²) in [7, 11) is 5.30. The van der Waals surface area contributed by atoms with Gasteiger partial charge in [-0.25, -0.2) is 4.68 Å².